The largest absolute Gasteiger partial charge is 0.370 e. The van der Waals surface area contributed by atoms with E-state index in [4.69, 9.17) is 0 Å². The van der Waals surface area contributed by atoms with E-state index in [0.717, 1.165) is 33.3 Å². The second-order valence-corrected chi connectivity index (χ2v) is 5.68. The standard InChI is InChI=1S/C19H16N2O/c1-12-9-10-17-15(11-12)18(19(22)21-17)20-16-8-4-6-13-5-2-3-7-14(13)16/h2-11,18,20H,1H3,(H,21,22). The normalized spacial score (nSPS) is 16.4. The van der Waals surface area contributed by atoms with Crippen LogP contribution < -0.4 is 10.6 Å². The average Bonchev–Trinajstić information content (AvgIpc) is 2.83. The highest BCUT2D eigenvalue weighted by atomic mass is 16.2. The van der Waals surface area contributed by atoms with Crippen molar-refractivity contribution in [1.82, 2.24) is 0 Å². The van der Waals surface area contributed by atoms with E-state index in [9.17, 15) is 4.79 Å². The Morgan fingerprint density at radius 1 is 1.00 bits per heavy atom. The smallest absolute Gasteiger partial charge is 0.251 e. The fourth-order valence-electron chi connectivity index (χ4n) is 3.03. The predicted octanol–water partition coefficient (Wildman–Crippen LogP) is 4.25. The summed E-state index contributed by atoms with van der Waals surface area (Å²) in [6.45, 7) is 2.04. The number of fused-ring (bicyclic) bond motifs is 2. The van der Waals surface area contributed by atoms with E-state index >= 15 is 0 Å². The summed E-state index contributed by atoms with van der Waals surface area (Å²) >= 11 is 0. The van der Waals surface area contributed by atoms with Gasteiger partial charge in [-0.05, 0) is 24.4 Å². The van der Waals surface area contributed by atoms with Crippen LogP contribution in [0.25, 0.3) is 10.8 Å². The molecular formula is C19H16N2O. The van der Waals surface area contributed by atoms with Crippen molar-refractivity contribution in [3.63, 3.8) is 0 Å². The minimum atomic E-state index is -0.347. The molecule has 0 bridgehead atoms. The molecule has 1 atom stereocenters. The monoisotopic (exact) mass is 288 g/mol. The molecule has 3 nitrogen and oxygen atoms in total. The predicted molar refractivity (Wildman–Crippen MR) is 90.1 cm³/mol. The molecule has 0 aromatic heterocycles. The van der Waals surface area contributed by atoms with Gasteiger partial charge < -0.3 is 10.6 Å². The molecule has 0 saturated heterocycles. The number of anilines is 2. The third-order valence-corrected chi connectivity index (χ3v) is 4.13. The molecule has 0 saturated carbocycles. The number of rotatable bonds is 2. The minimum Gasteiger partial charge on any atom is -0.370 e. The Balaban J connectivity index is 1.78. The molecule has 22 heavy (non-hydrogen) atoms. The van der Waals surface area contributed by atoms with Crippen molar-refractivity contribution >= 4 is 28.1 Å². The first kappa shape index (κ1) is 12.9. The number of amides is 1. The lowest BCUT2D eigenvalue weighted by atomic mass is 10.0. The van der Waals surface area contributed by atoms with E-state index < -0.39 is 0 Å². The molecule has 4 rings (SSSR count). The molecule has 3 heteroatoms. The summed E-state index contributed by atoms with van der Waals surface area (Å²) < 4.78 is 0. The molecular weight excluding hydrogens is 272 g/mol. The SMILES string of the molecule is Cc1ccc2c(c1)C(Nc1cccc3ccccc13)C(=O)N2. The number of hydrogen-bond acceptors (Lipinski definition) is 2. The zero-order chi connectivity index (χ0) is 15.1. The second kappa shape index (κ2) is 4.88. The van der Waals surface area contributed by atoms with Gasteiger partial charge in [-0.15, -0.1) is 0 Å². The van der Waals surface area contributed by atoms with E-state index in [0.29, 0.717) is 0 Å². The molecule has 1 heterocycles. The van der Waals surface area contributed by atoms with Crippen LogP contribution in [-0.2, 0) is 4.79 Å². The van der Waals surface area contributed by atoms with Crippen LogP contribution in [0.4, 0.5) is 11.4 Å². The first-order valence-electron chi connectivity index (χ1n) is 7.38. The third-order valence-electron chi connectivity index (χ3n) is 4.13. The van der Waals surface area contributed by atoms with Crippen molar-refractivity contribution in [2.45, 2.75) is 13.0 Å². The molecule has 0 fully saturated rings. The Morgan fingerprint density at radius 3 is 2.73 bits per heavy atom. The van der Waals surface area contributed by atoms with Gasteiger partial charge in [-0.3, -0.25) is 4.79 Å². The summed E-state index contributed by atoms with van der Waals surface area (Å²) in [7, 11) is 0. The molecule has 0 radical (unpaired) electrons. The topological polar surface area (TPSA) is 41.1 Å². The lowest BCUT2D eigenvalue weighted by Crippen LogP contribution is -2.19. The van der Waals surface area contributed by atoms with E-state index in [1.807, 2.05) is 43.3 Å². The molecule has 0 aliphatic carbocycles. The molecule has 3 aromatic rings. The maximum absolute atomic E-state index is 12.3. The van der Waals surface area contributed by atoms with Crippen molar-refractivity contribution in [3.8, 4) is 0 Å². The zero-order valence-electron chi connectivity index (χ0n) is 12.3. The number of hydrogen-bond donors (Lipinski definition) is 2. The van der Waals surface area contributed by atoms with Gasteiger partial charge in [-0.25, -0.2) is 0 Å². The number of carbonyl (C=O) groups is 1. The summed E-state index contributed by atoms with van der Waals surface area (Å²) in [5.41, 5.74) is 4.04. The number of benzene rings is 3. The van der Waals surface area contributed by atoms with Gasteiger partial charge in [-0.1, -0.05) is 54.1 Å². The lowest BCUT2D eigenvalue weighted by molar-refractivity contribution is -0.116. The van der Waals surface area contributed by atoms with E-state index in [1.54, 1.807) is 0 Å². The maximum Gasteiger partial charge on any atom is 0.251 e. The van der Waals surface area contributed by atoms with Gasteiger partial charge in [-0.2, -0.15) is 0 Å². The summed E-state index contributed by atoms with van der Waals surface area (Å²) in [5, 5.41) is 8.63. The van der Waals surface area contributed by atoms with Crippen LogP contribution in [0.15, 0.2) is 60.7 Å². The zero-order valence-corrected chi connectivity index (χ0v) is 12.3. The molecule has 1 amide bonds. The van der Waals surface area contributed by atoms with Gasteiger partial charge in [0, 0.05) is 22.3 Å². The number of nitrogens with one attached hydrogen (secondary N) is 2. The average molecular weight is 288 g/mol. The first-order chi connectivity index (χ1) is 10.7. The van der Waals surface area contributed by atoms with Gasteiger partial charge in [0.25, 0.3) is 5.91 Å². The first-order valence-corrected chi connectivity index (χ1v) is 7.38. The molecule has 3 aromatic carbocycles. The number of carbonyl (C=O) groups excluding carboxylic acids is 1. The van der Waals surface area contributed by atoms with Crippen LogP contribution in [0, 0.1) is 6.92 Å². The minimum absolute atomic E-state index is 0.00599. The quantitative estimate of drug-likeness (QED) is 0.740. The molecule has 1 aliphatic rings. The Labute approximate surface area is 129 Å². The summed E-state index contributed by atoms with van der Waals surface area (Å²) in [6.07, 6.45) is 0. The lowest BCUT2D eigenvalue weighted by Gasteiger charge is -2.15. The van der Waals surface area contributed by atoms with Gasteiger partial charge in [0.05, 0.1) is 0 Å². The van der Waals surface area contributed by atoms with Crippen molar-refractivity contribution < 1.29 is 4.79 Å². The fourth-order valence-corrected chi connectivity index (χ4v) is 3.03. The van der Waals surface area contributed by atoms with Crippen LogP contribution in [0.1, 0.15) is 17.2 Å². The highest BCUT2D eigenvalue weighted by Crippen LogP contribution is 2.35. The Hall–Kier alpha value is -2.81. The van der Waals surface area contributed by atoms with Gasteiger partial charge >= 0.3 is 0 Å². The highest BCUT2D eigenvalue weighted by Gasteiger charge is 2.30. The van der Waals surface area contributed by atoms with E-state index in [-0.39, 0.29) is 11.9 Å². The van der Waals surface area contributed by atoms with E-state index in [1.165, 1.54) is 0 Å². The van der Waals surface area contributed by atoms with E-state index in [2.05, 4.69) is 34.9 Å². The van der Waals surface area contributed by atoms with Crippen molar-refractivity contribution in [3.05, 3.63) is 71.8 Å². The van der Waals surface area contributed by atoms with Crippen LogP contribution in [0.3, 0.4) is 0 Å². The van der Waals surface area contributed by atoms with Gasteiger partial charge in [0.2, 0.25) is 0 Å². The third kappa shape index (κ3) is 2.02. The second-order valence-electron chi connectivity index (χ2n) is 5.68. The Kier molecular flexibility index (Phi) is 2.86. The van der Waals surface area contributed by atoms with Crippen molar-refractivity contribution in [2.75, 3.05) is 10.6 Å². The van der Waals surface area contributed by atoms with Gasteiger partial charge in [0.1, 0.15) is 6.04 Å². The fraction of sp³-hybridized carbons (Fsp3) is 0.105. The van der Waals surface area contributed by atoms with Crippen LogP contribution in [0.2, 0.25) is 0 Å². The van der Waals surface area contributed by atoms with Crippen LogP contribution in [0.5, 0.6) is 0 Å². The highest BCUT2D eigenvalue weighted by molar-refractivity contribution is 6.05. The maximum atomic E-state index is 12.3. The van der Waals surface area contributed by atoms with Crippen LogP contribution in [-0.4, -0.2) is 5.91 Å². The van der Waals surface area contributed by atoms with Gasteiger partial charge in [0.15, 0.2) is 0 Å². The Bertz CT molecular complexity index is 880. The van der Waals surface area contributed by atoms with Crippen molar-refractivity contribution in [1.29, 1.82) is 0 Å². The summed E-state index contributed by atoms with van der Waals surface area (Å²) in [6, 6.07) is 20.0. The molecule has 2 N–H and O–H groups in total. The molecule has 0 spiro atoms. The molecule has 1 unspecified atom stereocenters. The Morgan fingerprint density at radius 2 is 1.82 bits per heavy atom. The summed E-state index contributed by atoms with van der Waals surface area (Å²) in [5.74, 6) is -0.00599. The summed E-state index contributed by atoms with van der Waals surface area (Å²) in [4.78, 5) is 12.3. The number of aryl methyl sites for hydroxylation is 1. The molecule has 1 aliphatic heterocycles. The van der Waals surface area contributed by atoms with Crippen LogP contribution >= 0.6 is 0 Å². The molecule has 108 valence electrons. The van der Waals surface area contributed by atoms with Crippen molar-refractivity contribution in [2.24, 2.45) is 0 Å².